The first-order valence-electron chi connectivity index (χ1n) is 4.29. The van der Waals surface area contributed by atoms with Gasteiger partial charge in [0.25, 0.3) is 0 Å². The zero-order valence-electron chi connectivity index (χ0n) is 7.59. The number of hydrogen-bond donors (Lipinski definition) is 1. The highest BCUT2D eigenvalue weighted by Gasteiger charge is 2.16. The number of rotatable bonds is 1. The van der Waals surface area contributed by atoms with E-state index in [4.69, 9.17) is 5.73 Å². The van der Waals surface area contributed by atoms with Gasteiger partial charge in [0.15, 0.2) is 0 Å². The average Bonchev–Trinajstić information content (AvgIpc) is 1.85. The molecule has 1 nitrogen and oxygen atoms in total. The minimum atomic E-state index is 0.593. The Bertz CT molecular complexity index is 199. The maximum Gasteiger partial charge on any atom is 0.0308 e. The number of hydrogen-bond acceptors (Lipinski definition) is 1. The van der Waals surface area contributed by atoms with Crippen molar-refractivity contribution in [2.75, 3.05) is 0 Å². The summed E-state index contributed by atoms with van der Waals surface area (Å²) in [4.78, 5) is 0. The van der Waals surface area contributed by atoms with Crippen LogP contribution in [0, 0.1) is 11.8 Å². The Morgan fingerprint density at radius 2 is 2.18 bits per heavy atom. The third-order valence-electron chi connectivity index (χ3n) is 2.27. The van der Waals surface area contributed by atoms with E-state index in [1.165, 1.54) is 5.57 Å². The van der Waals surface area contributed by atoms with E-state index in [1.807, 2.05) is 6.08 Å². The Hall–Kier alpha value is -0.720. The molecule has 1 atom stereocenters. The Morgan fingerprint density at radius 3 is 2.55 bits per heavy atom. The number of allylic oxidation sites excluding steroid dienone is 3. The molecule has 0 fully saturated rings. The molecule has 1 rings (SSSR count). The molecule has 11 heavy (non-hydrogen) atoms. The van der Waals surface area contributed by atoms with Crippen molar-refractivity contribution in [2.45, 2.75) is 27.2 Å². The second-order valence-electron chi connectivity index (χ2n) is 3.60. The van der Waals surface area contributed by atoms with Gasteiger partial charge in [-0.05, 0) is 29.9 Å². The van der Waals surface area contributed by atoms with Crippen LogP contribution in [0.4, 0.5) is 0 Å². The van der Waals surface area contributed by atoms with Crippen molar-refractivity contribution >= 4 is 0 Å². The van der Waals surface area contributed by atoms with Crippen molar-refractivity contribution in [3.63, 3.8) is 0 Å². The normalized spacial score (nSPS) is 24.9. The average molecular weight is 151 g/mol. The lowest BCUT2D eigenvalue weighted by Gasteiger charge is -2.23. The van der Waals surface area contributed by atoms with E-state index in [1.54, 1.807) is 0 Å². The van der Waals surface area contributed by atoms with Crippen LogP contribution in [0.25, 0.3) is 0 Å². The van der Waals surface area contributed by atoms with Gasteiger partial charge >= 0.3 is 0 Å². The van der Waals surface area contributed by atoms with Crippen molar-refractivity contribution in [3.8, 4) is 0 Å². The molecular weight excluding hydrogens is 134 g/mol. The van der Waals surface area contributed by atoms with Crippen LogP contribution < -0.4 is 5.73 Å². The molecule has 62 valence electrons. The van der Waals surface area contributed by atoms with Gasteiger partial charge in [0.1, 0.15) is 0 Å². The Morgan fingerprint density at radius 1 is 1.55 bits per heavy atom. The SMILES string of the molecule is CC(C)C1=C(N)C=CCC1C. The molecule has 0 spiro atoms. The summed E-state index contributed by atoms with van der Waals surface area (Å²) in [7, 11) is 0. The quantitative estimate of drug-likeness (QED) is 0.612. The van der Waals surface area contributed by atoms with Crippen LogP contribution in [0.5, 0.6) is 0 Å². The Balaban J connectivity index is 2.91. The summed E-state index contributed by atoms with van der Waals surface area (Å²) in [6.45, 7) is 6.65. The summed E-state index contributed by atoms with van der Waals surface area (Å²) in [5, 5.41) is 0. The highest BCUT2D eigenvalue weighted by molar-refractivity contribution is 5.29. The number of nitrogens with two attached hydrogens (primary N) is 1. The van der Waals surface area contributed by atoms with Crippen molar-refractivity contribution in [3.05, 3.63) is 23.4 Å². The molecule has 1 heteroatoms. The monoisotopic (exact) mass is 151 g/mol. The second-order valence-corrected chi connectivity index (χ2v) is 3.60. The van der Waals surface area contributed by atoms with Crippen LogP contribution in [-0.4, -0.2) is 0 Å². The fourth-order valence-electron chi connectivity index (χ4n) is 1.81. The predicted molar refractivity (Wildman–Crippen MR) is 49.0 cm³/mol. The van der Waals surface area contributed by atoms with Crippen LogP contribution in [-0.2, 0) is 0 Å². The van der Waals surface area contributed by atoms with Gasteiger partial charge in [-0.15, -0.1) is 0 Å². The van der Waals surface area contributed by atoms with E-state index in [0.29, 0.717) is 11.8 Å². The molecule has 2 N–H and O–H groups in total. The summed E-state index contributed by atoms with van der Waals surface area (Å²) >= 11 is 0. The zero-order valence-corrected chi connectivity index (χ0v) is 7.59. The topological polar surface area (TPSA) is 26.0 Å². The molecule has 0 aromatic rings. The molecule has 0 saturated carbocycles. The van der Waals surface area contributed by atoms with Gasteiger partial charge in [0.05, 0.1) is 0 Å². The van der Waals surface area contributed by atoms with Crippen LogP contribution in [0.1, 0.15) is 27.2 Å². The lowest BCUT2D eigenvalue weighted by molar-refractivity contribution is 0.573. The van der Waals surface area contributed by atoms with Gasteiger partial charge < -0.3 is 5.73 Å². The highest BCUT2D eigenvalue weighted by atomic mass is 14.6. The summed E-state index contributed by atoms with van der Waals surface area (Å²) in [6, 6.07) is 0. The first-order chi connectivity index (χ1) is 5.13. The van der Waals surface area contributed by atoms with Crippen molar-refractivity contribution < 1.29 is 0 Å². The van der Waals surface area contributed by atoms with Crippen LogP contribution in [0.15, 0.2) is 23.4 Å². The molecule has 0 bridgehead atoms. The van der Waals surface area contributed by atoms with Crippen LogP contribution in [0.2, 0.25) is 0 Å². The summed E-state index contributed by atoms with van der Waals surface area (Å²) in [5.74, 6) is 1.23. The molecule has 0 aromatic heterocycles. The zero-order chi connectivity index (χ0) is 8.43. The van der Waals surface area contributed by atoms with Gasteiger partial charge in [-0.25, -0.2) is 0 Å². The fourth-order valence-corrected chi connectivity index (χ4v) is 1.81. The van der Waals surface area contributed by atoms with Gasteiger partial charge in [-0.1, -0.05) is 26.8 Å². The minimum Gasteiger partial charge on any atom is -0.399 e. The van der Waals surface area contributed by atoms with Gasteiger partial charge in [0.2, 0.25) is 0 Å². The molecule has 0 saturated heterocycles. The summed E-state index contributed by atoms with van der Waals surface area (Å²) < 4.78 is 0. The standard InChI is InChI=1S/C10H17N/c1-7(2)10-8(3)5-4-6-9(10)11/h4,6-8H,5,11H2,1-3H3. The van der Waals surface area contributed by atoms with Gasteiger partial charge in [-0.3, -0.25) is 0 Å². The van der Waals surface area contributed by atoms with Crippen molar-refractivity contribution in [1.29, 1.82) is 0 Å². The van der Waals surface area contributed by atoms with E-state index in [-0.39, 0.29) is 0 Å². The predicted octanol–water partition coefficient (Wildman–Crippen LogP) is 2.45. The van der Waals surface area contributed by atoms with Crippen molar-refractivity contribution in [2.24, 2.45) is 17.6 Å². The smallest absolute Gasteiger partial charge is 0.0308 e. The van der Waals surface area contributed by atoms with E-state index in [0.717, 1.165) is 12.1 Å². The van der Waals surface area contributed by atoms with Gasteiger partial charge in [-0.2, -0.15) is 0 Å². The third-order valence-corrected chi connectivity index (χ3v) is 2.27. The molecule has 0 amide bonds. The molecule has 1 aliphatic carbocycles. The molecule has 1 aliphatic rings. The van der Waals surface area contributed by atoms with Crippen molar-refractivity contribution in [1.82, 2.24) is 0 Å². The molecule has 0 heterocycles. The van der Waals surface area contributed by atoms with Crippen LogP contribution >= 0.6 is 0 Å². The van der Waals surface area contributed by atoms with Crippen LogP contribution in [0.3, 0.4) is 0 Å². The summed E-state index contributed by atoms with van der Waals surface area (Å²) in [6.07, 6.45) is 5.34. The first kappa shape index (κ1) is 8.38. The molecular formula is C10H17N. The highest BCUT2D eigenvalue weighted by Crippen LogP contribution is 2.28. The molecule has 0 aromatic carbocycles. The first-order valence-corrected chi connectivity index (χ1v) is 4.29. The van der Waals surface area contributed by atoms with E-state index < -0.39 is 0 Å². The maximum absolute atomic E-state index is 5.86. The molecule has 0 radical (unpaired) electrons. The Labute approximate surface area is 69.0 Å². The largest absolute Gasteiger partial charge is 0.399 e. The Kier molecular flexibility index (Phi) is 2.38. The van der Waals surface area contributed by atoms with E-state index in [2.05, 4.69) is 26.8 Å². The fraction of sp³-hybridized carbons (Fsp3) is 0.600. The minimum absolute atomic E-state index is 0.593. The third kappa shape index (κ3) is 1.65. The molecule has 1 unspecified atom stereocenters. The maximum atomic E-state index is 5.86. The van der Waals surface area contributed by atoms with E-state index in [9.17, 15) is 0 Å². The van der Waals surface area contributed by atoms with Gasteiger partial charge in [0, 0.05) is 5.70 Å². The molecule has 0 aliphatic heterocycles. The second kappa shape index (κ2) is 3.12. The lowest BCUT2D eigenvalue weighted by Crippen LogP contribution is -2.15. The van der Waals surface area contributed by atoms with E-state index >= 15 is 0 Å². The lowest BCUT2D eigenvalue weighted by atomic mass is 9.84. The summed E-state index contributed by atoms with van der Waals surface area (Å²) in [5.41, 5.74) is 8.27.